The van der Waals surface area contributed by atoms with Gasteiger partial charge in [-0.3, -0.25) is 9.59 Å². The minimum Gasteiger partial charge on any atom is -0.381 e. The van der Waals surface area contributed by atoms with Gasteiger partial charge in [-0.2, -0.15) is 0 Å². The second kappa shape index (κ2) is 8.38. The average Bonchev–Trinajstić information content (AvgIpc) is 2.74. The molecule has 7 heteroatoms. The molecule has 3 fully saturated rings. The SMILES string of the molecule is O=C(C1N(C(=O)c2ccc(F)cc2F)CCCC12CCOCC2)N1CCCCC1. The maximum Gasteiger partial charge on any atom is 0.257 e. The fourth-order valence-electron chi connectivity index (χ4n) is 5.22. The molecule has 0 radical (unpaired) electrons. The van der Waals surface area contributed by atoms with Crippen molar-refractivity contribution in [2.75, 3.05) is 32.8 Å². The molecule has 1 atom stereocenters. The number of nitrogens with zero attached hydrogens (tertiary/aromatic N) is 2. The first-order valence-electron chi connectivity index (χ1n) is 10.6. The predicted molar refractivity (Wildman–Crippen MR) is 103 cm³/mol. The van der Waals surface area contributed by atoms with Crippen molar-refractivity contribution < 1.29 is 23.1 Å². The highest BCUT2D eigenvalue weighted by Gasteiger charge is 2.52. The van der Waals surface area contributed by atoms with Crippen LogP contribution in [0.5, 0.6) is 0 Å². The van der Waals surface area contributed by atoms with Crippen molar-refractivity contribution in [1.29, 1.82) is 0 Å². The van der Waals surface area contributed by atoms with E-state index in [1.807, 2.05) is 4.90 Å². The van der Waals surface area contributed by atoms with Crippen LogP contribution in [0.2, 0.25) is 0 Å². The number of ether oxygens (including phenoxy) is 1. The molecule has 0 aromatic heterocycles. The van der Waals surface area contributed by atoms with Crippen LogP contribution in [0.25, 0.3) is 0 Å². The van der Waals surface area contributed by atoms with E-state index in [0.717, 1.165) is 44.2 Å². The van der Waals surface area contributed by atoms with Crippen molar-refractivity contribution in [1.82, 2.24) is 9.80 Å². The molecular formula is C22H28F2N2O3. The second-order valence-corrected chi connectivity index (χ2v) is 8.49. The van der Waals surface area contributed by atoms with E-state index in [1.165, 1.54) is 6.07 Å². The zero-order chi connectivity index (χ0) is 20.4. The first kappa shape index (κ1) is 20.3. The predicted octanol–water partition coefficient (Wildman–Crippen LogP) is 3.38. The van der Waals surface area contributed by atoms with Gasteiger partial charge in [-0.1, -0.05) is 0 Å². The summed E-state index contributed by atoms with van der Waals surface area (Å²) in [5.41, 5.74) is -0.510. The molecule has 3 aliphatic heterocycles. The zero-order valence-corrected chi connectivity index (χ0v) is 16.7. The summed E-state index contributed by atoms with van der Waals surface area (Å²) in [4.78, 5) is 30.4. The van der Waals surface area contributed by atoms with Crippen molar-refractivity contribution in [3.63, 3.8) is 0 Å². The van der Waals surface area contributed by atoms with Crippen LogP contribution in [-0.4, -0.2) is 60.5 Å². The Balaban J connectivity index is 1.69. The molecule has 1 aromatic carbocycles. The van der Waals surface area contributed by atoms with E-state index < -0.39 is 23.6 Å². The number of piperidine rings is 2. The molecule has 0 aliphatic carbocycles. The van der Waals surface area contributed by atoms with Crippen molar-refractivity contribution in [2.24, 2.45) is 5.41 Å². The molecule has 3 aliphatic rings. The molecule has 0 saturated carbocycles. The van der Waals surface area contributed by atoms with Gasteiger partial charge in [0.15, 0.2) is 0 Å². The van der Waals surface area contributed by atoms with Gasteiger partial charge in [0, 0.05) is 44.3 Å². The Bertz CT molecular complexity index is 768. The number of carbonyl (C=O) groups excluding carboxylic acids is 2. The smallest absolute Gasteiger partial charge is 0.257 e. The molecule has 1 aromatic rings. The van der Waals surface area contributed by atoms with Crippen LogP contribution >= 0.6 is 0 Å². The van der Waals surface area contributed by atoms with Crippen molar-refractivity contribution in [3.05, 3.63) is 35.4 Å². The molecule has 158 valence electrons. The minimum absolute atomic E-state index is 0.0258. The summed E-state index contributed by atoms with van der Waals surface area (Å²) in [6.07, 6.45) is 6.09. The summed E-state index contributed by atoms with van der Waals surface area (Å²) in [5, 5.41) is 0. The Hall–Kier alpha value is -2.02. The van der Waals surface area contributed by atoms with Gasteiger partial charge < -0.3 is 14.5 Å². The van der Waals surface area contributed by atoms with E-state index in [0.29, 0.717) is 45.7 Å². The fraction of sp³-hybridized carbons (Fsp3) is 0.636. The van der Waals surface area contributed by atoms with E-state index in [1.54, 1.807) is 4.90 Å². The Kier molecular flexibility index (Phi) is 5.86. The first-order valence-corrected chi connectivity index (χ1v) is 10.6. The molecule has 5 nitrogen and oxygen atoms in total. The fourth-order valence-corrected chi connectivity index (χ4v) is 5.22. The quantitative estimate of drug-likeness (QED) is 0.757. The number of hydrogen-bond donors (Lipinski definition) is 0. The number of hydrogen-bond acceptors (Lipinski definition) is 3. The summed E-state index contributed by atoms with van der Waals surface area (Å²) < 4.78 is 33.3. The lowest BCUT2D eigenvalue weighted by molar-refractivity contribution is -0.149. The lowest BCUT2D eigenvalue weighted by Crippen LogP contribution is -2.63. The van der Waals surface area contributed by atoms with Crippen molar-refractivity contribution >= 4 is 11.8 Å². The van der Waals surface area contributed by atoms with Crippen LogP contribution in [0, 0.1) is 17.0 Å². The van der Waals surface area contributed by atoms with E-state index in [4.69, 9.17) is 4.74 Å². The molecule has 29 heavy (non-hydrogen) atoms. The summed E-state index contributed by atoms with van der Waals surface area (Å²) in [6, 6.07) is 2.38. The van der Waals surface area contributed by atoms with Gasteiger partial charge in [0.05, 0.1) is 5.56 Å². The Morgan fingerprint density at radius 2 is 1.69 bits per heavy atom. The van der Waals surface area contributed by atoms with Gasteiger partial charge in [0.25, 0.3) is 5.91 Å². The monoisotopic (exact) mass is 406 g/mol. The van der Waals surface area contributed by atoms with Crippen LogP contribution in [0.1, 0.15) is 55.3 Å². The number of amides is 2. The van der Waals surface area contributed by atoms with Crippen molar-refractivity contribution in [2.45, 2.75) is 51.0 Å². The highest BCUT2D eigenvalue weighted by atomic mass is 19.1. The third-order valence-corrected chi connectivity index (χ3v) is 6.78. The molecule has 1 unspecified atom stereocenters. The maximum atomic E-state index is 14.4. The summed E-state index contributed by atoms with van der Waals surface area (Å²) >= 11 is 0. The highest BCUT2D eigenvalue weighted by molar-refractivity contribution is 5.98. The van der Waals surface area contributed by atoms with E-state index in [9.17, 15) is 18.4 Å². The average molecular weight is 406 g/mol. The second-order valence-electron chi connectivity index (χ2n) is 8.49. The number of halogens is 2. The van der Waals surface area contributed by atoms with E-state index in [2.05, 4.69) is 0 Å². The molecule has 2 amide bonds. The lowest BCUT2D eigenvalue weighted by Gasteiger charge is -2.52. The Morgan fingerprint density at radius 1 is 0.966 bits per heavy atom. The summed E-state index contributed by atoms with van der Waals surface area (Å²) in [6.45, 7) is 2.94. The molecule has 1 spiro atoms. The van der Waals surface area contributed by atoms with Crippen LogP contribution in [0.15, 0.2) is 18.2 Å². The van der Waals surface area contributed by atoms with Gasteiger partial charge in [-0.25, -0.2) is 8.78 Å². The number of carbonyl (C=O) groups is 2. The third-order valence-electron chi connectivity index (χ3n) is 6.78. The molecule has 4 rings (SSSR count). The van der Waals surface area contributed by atoms with Crippen LogP contribution in [0.4, 0.5) is 8.78 Å². The largest absolute Gasteiger partial charge is 0.381 e. The Labute approximate surface area is 170 Å². The molecular weight excluding hydrogens is 378 g/mol. The number of rotatable bonds is 2. The Morgan fingerprint density at radius 3 is 2.38 bits per heavy atom. The van der Waals surface area contributed by atoms with Crippen molar-refractivity contribution in [3.8, 4) is 0 Å². The van der Waals surface area contributed by atoms with Crippen LogP contribution in [-0.2, 0) is 9.53 Å². The van der Waals surface area contributed by atoms with Gasteiger partial charge in [0.2, 0.25) is 5.91 Å². The first-order chi connectivity index (χ1) is 14.0. The zero-order valence-electron chi connectivity index (χ0n) is 16.7. The minimum atomic E-state index is -0.884. The third kappa shape index (κ3) is 3.89. The van der Waals surface area contributed by atoms with Gasteiger partial charge in [-0.05, 0) is 57.1 Å². The highest BCUT2D eigenvalue weighted by Crippen LogP contribution is 2.45. The van der Waals surface area contributed by atoms with Gasteiger partial charge in [0.1, 0.15) is 17.7 Å². The normalized spacial score (nSPS) is 24.6. The lowest BCUT2D eigenvalue weighted by atomic mass is 9.67. The van der Waals surface area contributed by atoms with E-state index in [-0.39, 0.29) is 16.9 Å². The molecule has 0 N–H and O–H groups in total. The number of likely N-dealkylation sites (tertiary alicyclic amines) is 2. The van der Waals surface area contributed by atoms with Crippen LogP contribution in [0.3, 0.4) is 0 Å². The van der Waals surface area contributed by atoms with Gasteiger partial charge in [-0.15, -0.1) is 0 Å². The van der Waals surface area contributed by atoms with Gasteiger partial charge >= 0.3 is 0 Å². The standard InChI is InChI=1S/C22H28F2N2O3/c23-16-5-6-17(18(24)15-16)20(27)26-12-4-7-22(8-13-29-14-9-22)19(26)21(28)25-10-2-1-3-11-25/h5-6,15,19H,1-4,7-14H2. The molecule has 3 heterocycles. The summed E-state index contributed by atoms with van der Waals surface area (Å²) in [5.74, 6) is -2.16. The molecule has 0 bridgehead atoms. The topological polar surface area (TPSA) is 49.9 Å². The summed E-state index contributed by atoms with van der Waals surface area (Å²) in [7, 11) is 0. The molecule has 3 saturated heterocycles. The van der Waals surface area contributed by atoms with E-state index >= 15 is 0 Å². The number of benzene rings is 1. The van der Waals surface area contributed by atoms with Crippen LogP contribution < -0.4 is 0 Å². The maximum absolute atomic E-state index is 14.4.